The van der Waals surface area contributed by atoms with Crippen molar-refractivity contribution in [1.29, 1.82) is 0 Å². The van der Waals surface area contributed by atoms with Crippen LogP contribution in [0.2, 0.25) is 5.15 Å². The van der Waals surface area contributed by atoms with Gasteiger partial charge in [-0.25, -0.2) is 4.98 Å². The lowest BCUT2D eigenvalue weighted by Gasteiger charge is -2.28. The lowest BCUT2D eigenvalue weighted by Crippen LogP contribution is -2.43. The predicted octanol–water partition coefficient (Wildman–Crippen LogP) is 2.03. The lowest BCUT2D eigenvalue weighted by molar-refractivity contribution is -0.152. The number of nitrogens with zero attached hydrogens (tertiary/aromatic N) is 2. The van der Waals surface area contributed by atoms with Gasteiger partial charge in [0.05, 0.1) is 11.4 Å². The summed E-state index contributed by atoms with van der Waals surface area (Å²) in [4.78, 5) is 41.6. The number of anilines is 2. The van der Waals surface area contributed by atoms with Crippen LogP contribution in [-0.2, 0) is 19.1 Å². The molecule has 1 aromatic carbocycles. The SMILES string of the molecule is CC(OC(=O)CN1C(=O)COc2ccccc21)C(=O)Nc1cccnc1Cl. The van der Waals surface area contributed by atoms with Gasteiger partial charge in [-0.1, -0.05) is 23.7 Å². The lowest BCUT2D eigenvalue weighted by atomic mass is 10.2. The van der Waals surface area contributed by atoms with Crippen LogP contribution < -0.4 is 15.0 Å². The second kappa shape index (κ2) is 8.05. The van der Waals surface area contributed by atoms with Gasteiger partial charge in [0.15, 0.2) is 17.9 Å². The molecule has 1 N–H and O–H groups in total. The Morgan fingerprint density at radius 1 is 1.33 bits per heavy atom. The van der Waals surface area contributed by atoms with Crippen LogP contribution in [0.5, 0.6) is 5.75 Å². The number of benzene rings is 1. The van der Waals surface area contributed by atoms with Crippen LogP contribution in [0.25, 0.3) is 0 Å². The third-order valence-electron chi connectivity index (χ3n) is 3.79. The molecule has 0 saturated carbocycles. The molecule has 1 unspecified atom stereocenters. The van der Waals surface area contributed by atoms with Crippen LogP contribution in [0.3, 0.4) is 0 Å². The van der Waals surface area contributed by atoms with E-state index in [1.807, 2.05) is 0 Å². The summed E-state index contributed by atoms with van der Waals surface area (Å²) in [6, 6.07) is 10.0. The minimum absolute atomic E-state index is 0.125. The second-order valence-corrected chi connectivity index (χ2v) is 6.06. The van der Waals surface area contributed by atoms with Crippen molar-refractivity contribution in [3.05, 3.63) is 47.7 Å². The Kier molecular flexibility index (Phi) is 5.56. The number of ether oxygens (including phenoxy) is 2. The molecule has 1 aliphatic rings. The Labute approximate surface area is 160 Å². The normalized spacial score (nSPS) is 14.0. The molecule has 0 radical (unpaired) electrons. The molecule has 0 fully saturated rings. The molecule has 2 heterocycles. The molecule has 8 nitrogen and oxygen atoms in total. The van der Waals surface area contributed by atoms with Crippen LogP contribution in [0, 0.1) is 0 Å². The Bertz CT molecular complexity index is 889. The maximum Gasteiger partial charge on any atom is 0.326 e. The van der Waals surface area contributed by atoms with Gasteiger partial charge in [-0.05, 0) is 31.2 Å². The van der Waals surface area contributed by atoms with E-state index in [1.54, 1.807) is 36.4 Å². The molecule has 0 saturated heterocycles. The van der Waals surface area contributed by atoms with E-state index in [-0.39, 0.29) is 24.2 Å². The van der Waals surface area contributed by atoms with E-state index >= 15 is 0 Å². The fourth-order valence-electron chi connectivity index (χ4n) is 2.46. The molecule has 140 valence electrons. The van der Waals surface area contributed by atoms with E-state index in [2.05, 4.69) is 10.3 Å². The molecule has 1 aliphatic heterocycles. The van der Waals surface area contributed by atoms with Gasteiger partial charge < -0.3 is 14.8 Å². The van der Waals surface area contributed by atoms with Crippen LogP contribution in [0.1, 0.15) is 6.92 Å². The molecule has 9 heteroatoms. The third kappa shape index (κ3) is 4.35. The van der Waals surface area contributed by atoms with E-state index in [0.29, 0.717) is 17.1 Å². The van der Waals surface area contributed by atoms with Crippen molar-refractivity contribution in [3.63, 3.8) is 0 Å². The van der Waals surface area contributed by atoms with Crippen molar-refractivity contribution in [2.24, 2.45) is 0 Å². The Morgan fingerprint density at radius 2 is 2.11 bits per heavy atom. The molecule has 27 heavy (non-hydrogen) atoms. The highest BCUT2D eigenvalue weighted by Gasteiger charge is 2.29. The van der Waals surface area contributed by atoms with Gasteiger partial charge in [0.25, 0.3) is 11.8 Å². The van der Waals surface area contributed by atoms with Crippen molar-refractivity contribution in [2.45, 2.75) is 13.0 Å². The summed E-state index contributed by atoms with van der Waals surface area (Å²) in [5.74, 6) is -1.15. The number of halogens is 1. The van der Waals surface area contributed by atoms with Crippen molar-refractivity contribution in [2.75, 3.05) is 23.4 Å². The molecule has 0 aliphatic carbocycles. The summed E-state index contributed by atoms with van der Waals surface area (Å²) < 4.78 is 10.5. The predicted molar refractivity (Wildman–Crippen MR) is 97.7 cm³/mol. The highest BCUT2D eigenvalue weighted by molar-refractivity contribution is 6.32. The second-order valence-electron chi connectivity index (χ2n) is 5.70. The molecule has 3 rings (SSSR count). The van der Waals surface area contributed by atoms with Crippen LogP contribution in [0.15, 0.2) is 42.6 Å². The number of esters is 1. The number of carbonyl (C=O) groups is 3. The standard InChI is InChI=1S/C18H16ClN3O5/c1-11(18(25)21-12-5-4-8-20-17(12)19)27-16(24)9-22-13-6-2-3-7-14(13)26-10-15(22)23/h2-8,11H,9-10H2,1H3,(H,21,25). The van der Waals surface area contributed by atoms with Gasteiger partial charge in [0.1, 0.15) is 12.3 Å². The van der Waals surface area contributed by atoms with E-state index in [0.717, 1.165) is 0 Å². The summed E-state index contributed by atoms with van der Waals surface area (Å²) in [6.07, 6.45) is 0.402. The number of para-hydroxylation sites is 2. The molecule has 1 aromatic heterocycles. The average Bonchev–Trinajstić information content (AvgIpc) is 2.66. The number of carbonyl (C=O) groups excluding carboxylic acids is 3. The number of aromatic nitrogens is 1. The van der Waals surface area contributed by atoms with Gasteiger partial charge in [-0.2, -0.15) is 0 Å². The zero-order chi connectivity index (χ0) is 19.4. The van der Waals surface area contributed by atoms with Crippen molar-refractivity contribution < 1.29 is 23.9 Å². The van der Waals surface area contributed by atoms with Gasteiger partial charge in [-0.15, -0.1) is 0 Å². The number of hydrogen-bond donors (Lipinski definition) is 1. The largest absolute Gasteiger partial charge is 0.482 e. The maximum atomic E-state index is 12.2. The Balaban J connectivity index is 1.61. The minimum Gasteiger partial charge on any atom is -0.482 e. The minimum atomic E-state index is -1.08. The first-order valence-electron chi connectivity index (χ1n) is 8.09. The zero-order valence-electron chi connectivity index (χ0n) is 14.3. The van der Waals surface area contributed by atoms with Crippen LogP contribution >= 0.6 is 11.6 Å². The topological polar surface area (TPSA) is 97.8 Å². The fraction of sp³-hybridized carbons (Fsp3) is 0.222. The summed E-state index contributed by atoms with van der Waals surface area (Å²) in [5, 5.41) is 2.66. The van der Waals surface area contributed by atoms with E-state index in [9.17, 15) is 14.4 Å². The highest BCUT2D eigenvalue weighted by Crippen LogP contribution is 2.31. The maximum absolute atomic E-state index is 12.2. The summed E-state index contributed by atoms with van der Waals surface area (Å²) in [6.45, 7) is 0.927. The average molecular weight is 390 g/mol. The van der Waals surface area contributed by atoms with Gasteiger partial charge in [0.2, 0.25) is 0 Å². The van der Waals surface area contributed by atoms with Crippen LogP contribution in [0.4, 0.5) is 11.4 Å². The molecular formula is C18H16ClN3O5. The zero-order valence-corrected chi connectivity index (χ0v) is 15.1. The van der Waals surface area contributed by atoms with Gasteiger partial charge in [0, 0.05) is 6.20 Å². The summed E-state index contributed by atoms with van der Waals surface area (Å²) >= 11 is 5.88. The quantitative estimate of drug-likeness (QED) is 0.620. The van der Waals surface area contributed by atoms with Crippen molar-refractivity contribution in [3.8, 4) is 5.75 Å². The number of rotatable bonds is 5. The first-order valence-corrected chi connectivity index (χ1v) is 8.46. The number of amides is 2. The highest BCUT2D eigenvalue weighted by atomic mass is 35.5. The van der Waals surface area contributed by atoms with Gasteiger partial charge in [-0.3, -0.25) is 19.3 Å². The van der Waals surface area contributed by atoms with Crippen LogP contribution in [-0.4, -0.2) is 42.0 Å². The van der Waals surface area contributed by atoms with E-state index < -0.39 is 18.0 Å². The molecule has 0 spiro atoms. The summed E-state index contributed by atoms with van der Waals surface area (Å²) in [7, 11) is 0. The molecule has 0 bridgehead atoms. The first-order chi connectivity index (χ1) is 13.0. The number of hydrogen-bond acceptors (Lipinski definition) is 6. The van der Waals surface area contributed by atoms with E-state index in [1.165, 1.54) is 18.0 Å². The fourth-order valence-corrected chi connectivity index (χ4v) is 2.62. The first kappa shape index (κ1) is 18.7. The summed E-state index contributed by atoms with van der Waals surface area (Å²) in [5.41, 5.74) is 0.786. The number of nitrogens with one attached hydrogen (secondary N) is 1. The smallest absolute Gasteiger partial charge is 0.326 e. The number of fused-ring (bicyclic) bond motifs is 1. The van der Waals surface area contributed by atoms with Gasteiger partial charge >= 0.3 is 5.97 Å². The Morgan fingerprint density at radius 3 is 2.89 bits per heavy atom. The third-order valence-corrected chi connectivity index (χ3v) is 4.09. The monoisotopic (exact) mass is 389 g/mol. The van der Waals surface area contributed by atoms with Crippen molar-refractivity contribution >= 4 is 40.8 Å². The van der Waals surface area contributed by atoms with Crippen molar-refractivity contribution in [1.82, 2.24) is 4.98 Å². The molecule has 2 aromatic rings. The molecule has 2 amide bonds. The van der Waals surface area contributed by atoms with E-state index in [4.69, 9.17) is 21.1 Å². The molecule has 1 atom stereocenters. The Hall–Kier alpha value is -3.13. The number of pyridine rings is 1. The molecular weight excluding hydrogens is 374 g/mol.